The minimum absolute atomic E-state index is 0.0989. The highest BCUT2D eigenvalue weighted by Gasteiger charge is 2.43. The lowest BCUT2D eigenvalue weighted by atomic mass is 9.79. The standard InChI is InChI=1S/C9H16Br2O3S/c1-14-7-9(5-10,6-11)8-2-3-15(12,13)4-8/h8H,2-7H2,1H3. The van der Waals surface area contributed by atoms with Gasteiger partial charge in [0.1, 0.15) is 0 Å². The molecule has 0 amide bonds. The molecule has 1 saturated heterocycles. The van der Waals surface area contributed by atoms with E-state index in [2.05, 4.69) is 31.9 Å². The van der Waals surface area contributed by atoms with Crippen LogP contribution in [0.1, 0.15) is 6.42 Å². The van der Waals surface area contributed by atoms with Gasteiger partial charge in [0.05, 0.1) is 18.1 Å². The van der Waals surface area contributed by atoms with E-state index in [1.807, 2.05) is 0 Å². The van der Waals surface area contributed by atoms with E-state index in [0.29, 0.717) is 18.1 Å². The molecule has 1 rings (SSSR count). The molecule has 0 bridgehead atoms. The van der Waals surface area contributed by atoms with Gasteiger partial charge in [-0.3, -0.25) is 0 Å². The number of hydrogen-bond donors (Lipinski definition) is 0. The zero-order valence-corrected chi connectivity index (χ0v) is 12.7. The third-order valence-corrected chi connectivity index (χ3v) is 7.06. The van der Waals surface area contributed by atoms with Crippen LogP contribution in [0, 0.1) is 11.3 Å². The highest BCUT2D eigenvalue weighted by atomic mass is 79.9. The number of halogens is 2. The third kappa shape index (κ3) is 3.17. The molecule has 1 aliphatic heterocycles. The van der Waals surface area contributed by atoms with E-state index in [1.54, 1.807) is 7.11 Å². The first-order valence-corrected chi connectivity index (χ1v) is 8.87. The molecule has 0 N–H and O–H groups in total. The summed E-state index contributed by atoms with van der Waals surface area (Å²) in [5.41, 5.74) is -0.0989. The summed E-state index contributed by atoms with van der Waals surface area (Å²) in [6.45, 7) is 0.587. The van der Waals surface area contributed by atoms with Gasteiger partial charge in [-0.05, 0) is 12.3 Å². The maximum atomic E-state index is 11.5. The molecule has 6 heteroatoms. The topological polar surface area (TPSA) is 43.4 Å². The lowest BCUT2D eigenvalue weighted by Crippen LogP contribution is -2.39. The van der Waals surface area contributed by atoms with Crippen LogP contribution in [-0.4, -0.2) is 44.3 Å². The summed E-state index contributed by atoms with van der Waals surface area (Å²) < 4.78 is 28.1. The van der Waals surface area contributed by atoms with Crippen LogP contribution in [0.2, 0.25) is 0 Å². The molecule has 0 spiro atoms. The second kappa shape index (κ2) is 5.47. The summed E-state index contributed by atoms with van der Waals surface area (Å²) in [7, 11) is -1.16. The monoisotopic (exact) mass is 362 g/mol. The summed E-state index contributed by atoms with van der Waals surface area (Å²) in [6, 6.07) is 0. The Kier molecular flexibility index (Phi) is 5.08. The zero-order valence-electron chi connectivity index (χ0n) is 8.71. The largest absolute Gasteiger partial charge is 0.384 e. The van der Waals surface area contributed by atoms with Crippen molar-refractivity contribution in [2.75, 3.05) is 35.9 Å². The second-order valence-electron chi connectivity index (χ2n) is 4.16. The van der Waals surface area contributed by atoms with Gasteiger partial charge in [0.2, 0.25) is 0 Å². The van der Waals surface area contributed by atoms with Gasteiger partial charge in [0, 0.05) is 23.2 Å². The first-order valence-electron chi connectivity index (χ1n) is 4.81. The quantitative estimate of drug-likeness (QED) is 0.700. The minimum atomic E-state index is -2.81. The Hall–Kier alpha value is 0.870. The molecule has 0 saturated carbocycles. The van der Waals surface area contributed by atoms with Crippen LogP contribution in [0.5, 0.6) is 0 Å². The van der Waals surface area contributed by atoms with E-state index in [9.17, 15) is 8.42 Å². The van der Waals surface area contributed by atoms with Gasteiger partial charge in [-0.1, -0.05) is 31.9 Å². The Morgan fingerprint density at radius 2 is 2.00 bits per heavy atom. The number of sulfone groups is 1. The summed E-state index contributed by atoms with van der Waals surface area (Å²) in [5.74, 6) is 0.817. The van der Waals surface area contributed by atoms with Crippen LogP contribution >= 0.6 is 31.9 Å². The maximum Gasteiger partial charge on any atom is 0.150 e. The predicted octanol–water partition coefficient (Wildman–Crippen LogP) is 1.84. The Balaban J connectivity index is 2.81. The van der Waals surface area contributed by atoms with Gasteiger partial charge in [0.25, 0.3) is 0 Å². The van der Waals surface area contributed by atoms with Gasteiger partial charge in [-0.25, -0.2) is 8.42 Å². The Morgan fingerprint density at radius 1 is 1.40 bits per heavy atom. The van der Waals surface area contributed by atoms with Gasteiger partial charge < -0.3 is 4.74 Å². The van der Waals surface area contributed by atoms with Crippen molar-refractivity contribution in [1.82, 2.24) is 0 Å². The Labute approximate surface area is 108 Å². The number of methoxy groups -OCH3 is 1. The molecular weight excluding hydrogens is 348 g/mol. The van der Waals surface area contributed by atoms with Crippen molar-refractivity contribution >= 4 is 41.7 Å². The highest BCUT2D eigenvalue weighted by molar-refractivity contribution is 9.09. The van der Waals surface area contributed by atoms with Gasteiger partial charge >= 0.3 is 0 Å². The molecule has 15 heavy (non-hydrogen) atoms. The number of ether oxygens (including phenoxy) is 1. The zero-order chi connectivity index (χ0) is 11.5. The fraction of sp³-hybridized carbons (Fsp3) is 1.00. The summed E-state index contributed by atoms with van der Waals surface area (Å²) in [5, 5.41) is 1.53. The van der Waals surface area contributed by atoms with E-state index >= 15 is 0 Å². The van der Waals surface area contributed by atoms with E-state index in [4.69, 9.17) is 4.74 Å². The summed E-state index contributed by atoms with van der Waals surface area (Å²) in [4.78, 5) is 0. The van der Waals surface area contributed by atoms with Gasteiger partial charge in [-0.15, -0.1) is 0 Å². The molecule has 1 unspecified atom stereocenters. The van der Waals surface area contributed by atoms with Gasteiger partial charge in [-0.2, -0.15) is 0 Å². The summed E-state index contributed by atoms with van der Waals surface area (Å²) in [6.07, 6.45) is 0.753. The van der Waals surface area contributed by atoms with Crippen LogP contribution in [0.4, 0.5) is 0 Å². The number of alkyl halides is 2. The number of hydrogen-bond acceptors (Lipinski definition) is 3. The second-order valence-corrected chi connectivity index (χ2v) is 7.51. The normalized spacial score (nSPS) is 25.7. The smallest absolute Gasteiger partial charge is 0.150 e. The first kappa shape index (κ1) is 13.9. The molecule has 0 aliphatic carbocycles. The summed E-state index contributed by atoms with van der Waals surface area (Å²) >= 11 is 6.95. The Morgan fingerprint density at radius 3 is 2.33 bits per heavy atom. The predicted molar refractivity (Wildman–Crippen MR) is 68.7 cm³/mol. The SMILES string of the molecule is COCC(CBr)(CBr)C1CCS(=O)(=O)C1. The molecule has 0 radical (unpaired) electrons. The van der Waals surface area contributed by atoms with Gasteiger partial charge in [0.15, 0.2) is 9.84 Å². The minimum Gasteiger partial charge on any atom is -0.384 e. The van der Waals surface area contributed by atoms with Crippen molar-refractivity contribution in [1.29, 1.82) is 0 Å². The Bertz CT molecular complexity index is 298. The van der Waals surface area contributed by atoms with E-state index < -0.39 is 9.84 Å². The van der Waals surface area contributed by atoms with Crippen molar-refractivity contribution < 1.29 is 13.2 Å². The molecule has 1 fully saturated rings. The molecule has 90 valence electrons. The number of rotatable bonds is 5. The highest BCUT2D eigenvalue weighted by Crippen LogP contribution is 2.39. The van der Waals surface area contributed by atoms with Crippen molar-refractivity contribution in [3.05, 3.63) is 0 Å². The molecule has 0 aromatic carbocycles. The first-order chi connectivity index (χ1) is 6.99. The average Bonchev–Trinajstić information content (AvgIpc) is 2.56. The van der Waals surface area contributed by atoms with E-state index in [1.165, 1.54) is 0 Å². The molecule has 0 aromatic rings. The fourth-order valence-corrected chi connectivity index (χ4v) is 6.13. The van der Waals surface area contributed by atoms with E-state index in [0.717, 1.165) is 17.1 Å². The van der Waals surface area contributed by atoms with Crippen molar-refractivity contribution in [2.45, 2.75) is 6.42 Å². The van der Waals surface area contributed by atoms with E-state index in [-0.39, 0.29) is 11.3 Å². The maximum absolute atomic E-state index is 11.5. The van der Waals surface area contributed by atoms with Crippen molar-refractivity contribution in [2.24, 2.45) is 11.3 Å². The average molecular weight is 364 g/mol. The van der Waals surface area contributed by atoms with Crippen LogP contribution in [0.15, 0.2) is 0 Å². The van der Waals surface area contributed by atoms with Crippen molar-refractivity contribution in [3.8, 4) is 0 Å². The molecule has 1 heterocycles. The fourth-order valence-electron chi connectivity index (χ4n) is 2.01. The lowest BCUT2D eigenvalue weighted by molar-refractivity contribution is 0.0767. The third-order valence-electron chi connectivity index (χ3n) is 3.06. The lowest BCUT2D eigenvalue weighted by Gasteiger charge is -2.34. The molecule has 1 aliphatic rings. The van der Waals surface area contributed by atoms with Crippen LogP contribution < -0.4 is 0 Å². The van der Waals surface area contributed by atoms with Crippen LogP contribution in [-0.2, 0) is 14.6 Å². The molecule has 1 atom stereocenters. The van der Waals surface area contributed by atoms with Crippen LogP contribution in [0.25, 0.3) is 0 Å². The molecule has 3 nitrogen and oxygen atoms in total. The van der Waals surface area contributed by atoms with Crippen LogP contribution in [0.3, 0.4) is 0 Å². The molecular formula is C9H16Br2O3S. The van der Waals surface area contributed by atoms with Crippen molar-refractivity contribution in [3.63, 3.8) is 0 Å². The molecule has 0 aromatic heterocycles.